The van der Waals surface area contributed by atoms with Crippen molar-refractivity contribution in [2.75, 3.05) is 0 Å². The molecule has 0 nitrogen and oxygen atoms in total. The third kappa shape index (κ3) is 2.63. The molecular weight excluding hydrogens is 200 g/mol. The molecule has 0 aliphatic carbocycles. The zero-order chi connectivity index (χ0) is 10.5. The van der Waals surface area contributed by atoms with Gasteiger partial charge >= 0.3 is 0 Å². The average molecular weight is 214 g/mol. The van der Waals surface area contributed by atoms with Gasteiger partial charge in [-0.05, 0) is 31.1 Å². The second-order valence-corrected chi connectivity index (χ2v) is 4.52. The molecule has 1 heteroatoms. The Kier molecular flexibility index (Phi) is 3.46. The van der Waals surface area contributed by atoms with E-state index >= 15 is 0 Å². The molecule has 1 aliphatic rings. The van der Waals surface area contributed by atoms with Crippen LogP contribution in [0, 0.1) is 0 Å². The Morgan fingerprint density at radius 3 is 2.93 bits per heavy atom. The van der Waals surface area contributed by atoms with Crippen LogP contribution in [0.4, 0.5) is 0 Å². The molecule has 0 saturated carbocycles. The van der Waals surface area contributed by atoms with E-state index in [2.05, 4.69) is 48.6 Å². The van der Waals surface area contributed by atoms with E-state index < -0.39 is 0 Å². The summed E-state index contributed by atoms with van der Waals surface area (Å²) >= 11 is 1.85. The number of hydrogen-bond donors (Lipinski definition) is 0. The van der Waals surface area contributed by atoms with Gasteiger partial charge in [-0.1, -0.05) is 54.3 Å². The van der Waals surface area contributed by atoms with Crippen molar-refractivity contribution in [3.05, 3.63) is 65.1 Å². The van der Waals surface area contributed by atoms with Crippen molar-refractivity contribution in [3.8, 4) is 0 Å². The number of thioether (sulfide) groups is 1. The maximum Gasteiger partial charge on any atom is 0.0157 e. The van der Waals surface area contributed by atoms with Gasteiger partial charge in [0, 0.05) is 9.80 Å². The molecule has 15 heavy (non-hydrogen) atoms. The van der Waals surface area contributed by atoms with E-state index in [-0.39, 0.29) is 0 Å². The zero-order valence-electron chi connectivity index (χ0n) is 8.81. The molecule has 1 heterocycles. The Labute approximate surface area is 95.4 Å². The summed E-state index contributed by atoms with van der Waals surface area (Å²) in [7, 11) is 0. The Morgan fingerprint density at radius 2 is 2.07 bits per heavy atom. The summed E-state index contributed by atoms with van der Waals surface area (Å²) in [4.78, 5) is 2.73. The lowest BCUT2D eigenvalue weighted by Crippen LogP contribution is -1.91. The van der Waals surface area contributed by atoms with Crippen LogP contribution in [0.1, 0.15) is 12.5 Å². The van der Waals surface area contributed by atoms with Crippen LogP contribution in [-0.4, -0.2) is 0 Å². The first-order valence-electron chi connectivity index (χ1n) is 5.15. The number of fused-ring (bicyclic) bond motifs is 1. The van der Waals surface area contributed by atoms with Crippen molar-refractivity contribution < 1.29 is 0 Å². The minimum absolute atomic E-state index is 1.05. The van der Waals surface area contributed by atoms with Crippen LogP contribution in [-0.2, 0) is 6.42 Å². The second-order valence-electron chi connectivity index (χ2n) is 3.41. The summed E-state index contributed by atoms with van der Waals surface area (Å²) in [5, 5.41) is 0. The van der Waals surface area contributed by atoms with E-state index in [0.717, 1.165) is 6.42 Å². The normalized spacial score (nSPS) is 15.7. The minimum atomic E-state index is 1.05. The van der Waals surface area contributed by atoms with Gasteiger partial charge in [0.05, 0.1) is 0 Å². The minimum Gasteiger partial charge on any atom is -0.0901 e. The molecule has 0 atom stereocenters. The Balaban J connectivity index is 2.12. The highest BCUT2D eigenvalue weighted by molar-refractivity contribution is 8.03. The van der Waals surface area contributed by atoms with Gasteiger partial charge in [-0.25, -0.2) is 0 Å². The number of allylic oxidation sites excluding steroid dienone is 5. The third-order valence-corrected chi connectivity index (χ3v) is 3.44. The van der Waals surface area contributed by atoms with Gasteiger partial charge in [-0.2, -0.15) is 0 Å². The smallest absolute Gasteiger partial charge is 0.0157 e. The van der Waals surface area contributed by atoms with Crippen LogP contribution in [0.5, 0.6) is 0 Å². The molecule has 2 rings (SSSR count). The molecule has 0 saturated heterocycles. The molecule has 1 aromatic rings. The van der Waals surface area contributed by atoms with Gasteiger partial charge in [0.2, 0.25) is 0 Å². The van der Waals surface area contributed by atoms with Crippen LogP contribution < -0.4 is 0 Å². The first-order valence-corrected chi connectivity index (χ1v) is 5.97. The molecular formula is C14H14S. The monoisotopic (exact) mass is 214 g/mol. The first kappa shape index (κ1) is 10.3. The lowest BCUT2D eigenvalue weighted by Gasteiger charge is -2.13. The summed E-state index contributed by atoms with van der Waals surface area (Å²) in [6.07, 6.45) is 11.7. The molecule has 1 aliphatic heterocycles. The molecule has 0 unspecified atom stereocenters. The van der Waals surface area contributed by atoms with E-state index in [1.807, 2.05) is 24.8 Å². The van der Waals surface area contributed by atoms with Crippen LogP contribution in [0.15, 0.2) is 64.4 Å². The summed E-state index contributed by atoms with van der Waals surface area (Å²) in [6, 6.07) is 8.60. The van der Waals surface area contributed by atoms with Crippen LogP contribution in [0.25, 0.3) is 0 Å². The third-order valence-electron chi connectivity index (χ3n) is 2.29. The van der Waals surface area contributed by atoms with Gasteiger partial charge in [-0.15, -0.1) is 0 Å². The second kappa shape index (κ2) is 5.04. The molecule has 0 radical (unpaired) electrons. The molecule has 76 valence electrons. The lowest BCUT2D eigenvalue weighted by atomic mass is 10.1. The van der Waals surface area contributed by atoms with Crippen molar-refractivity contribution in [3.63, 3.8) is 0 Å². The maximum atomic E-state index is 2.28. The van der Waals surface area contributed by atoms with Crippen LogP contribution in [0.2, 0.25) is 0 Å². The van der Waals surface area contributed by atoms with Gasteiger partial charge in [0.15, 0.2) is 0 Å². The highest BCUT2D eigenvalue weighted by Crippen LogP contribution is 2.34. The van der Waals surface area contributed by atoms with Crippen molar-refractivity contribution >= 4 is 11.8 Å². The van der Waals surface area contributed by atoms with E-state index in [0.29, 0.717) is 0 Å². The Hall–Kier alpha value is -1.21. The van der Waals surface area contributed by atoms with Crippen molar-refractivity contribution in [1.82, 2.24) is 0 Å². The SMILES string of the molecule is C/C=C\C=C/C1=CCc2ccccc2S1. The molecule has 0 aromatic heterocycles. The van der Waals surface area contributed by atoms with Crippen LogP contribution in [0.3, 0.4) is 0 Å². The van der Waals surface area contributed by atoms with Gasteiger partial charge in [0.25, 0.3) is 0 Å². The Bertz CT molecular complexity index is 425. The molecule has 0 bridgehead atoms. The first-order chi connectivity index (χ1) is 7.40. The summed E-state index contributed by atoms with van der Waals surface area (Å²) < 4.78 is 0. The number of hydrogen-bond acceptors (Lipinski definition) is 1. The fraction of sp³-hybridized carbons (Fsp3) is 0.143. The quantitative estimate of drug-likeness (QED) is 0.659. The largest absolute Gasteiger partial charge is 0.0901 e. The zero-order valence-corrected chi connectivity index (χ0v) is 9.63. The molecule has 0 fully saturated rings. The standard InChI is InChI=1S/C14H14S/c1-2-3-4-8-13-11-10-12-7-5-6-9-14(12)15-13/h2-9,11H,10H2,1H3/b3-2-,8-4-. The van der Waals surface area contributed by atoms with E-state index in [1.165, 1.54) is 15.4 Å². The number of rotatable bonds is 2. The predicted octanol–water partition coefficient (Wildman–Crippen LogP) is 4.35. The van der Waals surface area contributed by atoms with Crippen LogP contribution >= 0.6 is 11.8 Å². The van der Waals surface area contributed by atoms with Crippen molar-refractivity contribution in [1.29, 1.82) is 0 Å². The van der Waals surface area contributed by atoms with Gasteiger partial charge in [0.1, 0.15) is 0 Å². The lowest BCUT2D eigenvalue weighted by molar-refractivity contribution is 1.16. The maximum absolute atomic E-state index is 2.28. The van der Waals surface area contributed by atoms with Crippen molar-refractivity contribution in [2.45, 2.75) is 18.2 Å². The average Bonchev–Trinajstić information content (AvgIpc) is 2.29. The molecule has 1 aromatic carbocycles. The van der Waals surface area contributed by atoms with Gasteiger partial charge < -0.3 is 0 Å². The highest BCUT2D eigenvalue weighted by Gasteiger charge is 2.08. The fourth-order valence-electron chi connectivity index (χ4n) is 1.51. The van der Waals surface area contributed by atoms with Gasteiger partial charge in [-0.3, -0.25) is 0 Å². The molecule has 0 amide bonds. The van der Waals surface area contributed by atoms with Crippen molar-refractivity contribution in [2.24, 2.45) is 0 Å². The van der Waals surface area contributed by atoms with E-state index in [4.69, 9.17) is 0 Å². The summed E-state index contributed by atoms with van der Waals surface area (Å²) in [5.41, 5.74) is 1.44. The number of benzene rings is 1. The Morgan fingerprint density at radius 1 is 1.20 bits per heavy atom. The highest BCUT2D eigenvalue weighted by atomic mass is 32.2. The summed E-state index contributed by atoms with van der Waals surface area (Å²) in [6.45, 7) is 2.03. The molecule has 0 spiro atoms. The fourth-order valence-corrected chi connectivity index (χ4v) is 2.51. The van der Waals surface area contributed by atoms with E-state index in [1.54, 1.807) is 0 Å². The molecule has 0 N–H and O–H groups in total. The topological polar surface area (TPSA) is 0 Å². The summed E-state index contributed by atoms with van der Waals surface area (Å²) in [5.74, 6) is 0. The predicted molar refractivity (Wildman–Crippen MR) is 68.0 cm³/mol. The van der Waals surface area contributed by atoms with E-state index in [9.17, 15) is 0 Å².